The van der Waals surface area contributed by atoms with Gasteiger partial charge in [0.05, 0.1) is 4.90 Å². The number of benzene rings is 1. The number of sulfonamides is 1. The maximum absolute atomic E-state index is 12.7. The molecule has 1 aromatic carbocycles. The fraction of sp³-hybridized carbons (Fsp3) is 0.444. The molecule has 0 radical (unpaired) electrons. The first-order valence-corrected chi connectivity index (χ1v) is 11.3. The molecule has 2 aliphatic rings. The number of rotatable bonds is 6. The Kier molecular flexibility index (Phi) is 4.80. The van der Waals surface area contributed by atoms with E-state index < -0.39 is 10.0 Å². The Balaban J connectivity index is 1.48. The van der Waals surface area contributed by atoms with Crippen molar-refractivity contribution < 1.29 is 8.42 Å². The highest BCUT2D eigenvalue weighted by atomic mass is 32.2. The summed E-state index contributed by atoms with van der Waals surface area (Å²) in [5.74, 6) is 0. The molecule has 3 heterocycles. The van der Waals surface area contributed by atoms with E-state index in [-0.39, 0.29) is 15.6 Å². The molecular weight excluding hydrogens is 382 g/mol. The van der Waals surface area contributed by atoms with Crippen LogP contribution in [-0.4, -0.2) is 43.5 Å². The van der Waals surface area contributed by atoms with Gasteiger partial charge in [-0.3, -0.25) is 4.90 Å². The number of aromatic nitrogens is 1. The Bertz CT molecular complexity index is 925. The van der Waals surface area contributed by atoms with Crippen molar-refractivity contribution in [2.24, 2.45) is 0 Å². The molecule has 0 spiro atoms. The lowest BCUT2D eigenvalue weighted by Crippen LogP contribution is -2.44. The average molecular weight is 404 g/mol. The van der Waals surface area contributed by atoms with Gasteiger partial charge < -0.3 is 5.32 Å². The first kappa shape index (κ1) is 18.2. The van der Waals surface area contributed by atoms with Gasteiger partial charge in [0.1, 0.15) is 0 Å². The summed E-state index contributed by atoms with van der Waals surface area (Å²) in [6.45, 7) is 3.24. The summed E-state index contributed by atoms with van der Waals surface area (Å²) >= 11 is 1.11. The van der Waals surface area contributed by atoms with Crippen molar-refractivity contribution in [2.75, 3.05) is 29.3 Å². The molecule has 2 aromatic rings. The van der Waals surface area contributed by atoms with Crippen molar-refractivity contribution in [2.45, 2.75) is 36.1 Å². The van der Waals surface area contributed by atoms with Crippen LogP contribution in [0.25, 0.3) is 0 Å². The largest absolute Gasteiger partial charge is 0.383 e. The molecule has 1 aromatic heterocycles. The molecule has 0 atom stereocenters. The van der Waals surface area contributed by atoms with E-state index >= 15 is 0 Å². The van der Waals surface area contributed by atoms with Gasteiger partial charge in [0.2, 0.25) is 11.3 Å². The van der Waals surface area contributed by atoms with Crippen molar-refractivity contribution >= 4 is 32.2 Å². The van der Waals surface area contributed by atoms with E-state index in [2.05, 4.69) is 15.2 Å². The zero-order chi connectivity index (χ0) is 18.9. The van der Waals surface area contributed by atoms with Crippen LogP contribution in [0.3, 0.4) is 0 Å². The molecule has 7 nitrogen and oxygen atoms in total. The molecule has 27 heavy (non-hydrogen) atoms. The van der Waals surface area contributed by atoms with E-state index in [0.29, 0.717) is 4.31 Å². The summed E-state index contributed by atoms with van der Waals surface area (Å²) in [6.07, 6.45) is 8.13. The Morgan fingerprint density at radius 2 is 1.96 bits per heavy atom. The van der Waals surface area contributed by atoms with Gasteiger partial charge in [0.25, 0.3) is 10.0 Å². The fourth-order valence-corrected chi connectivity index (χ4v) is 6.12. The standard InChI is InChI=1S/C18H21N5O2S2/c19-14-23(17-20-9-12-26-17)27(24,25)16-5-3-15(4-6-16)21-13-18-7-1-10-22(18)11-2-8-18/h3-6,9,12,21H,1-2,7-8,10-11,13H2. The van der Waals surface area contributed by atoms with Crippen LogP contribution in [0.15, 0.2) is 40.7 Å². The fourth-order valence-electron chi connectivity index (χ4n) is 4.15. The smallest absolute Gasteiger partial charge is 0.278 e. The molecule has 0 amide bonds. The predicted octanol–water partition coefficient (Wildman–Crippen LogP) is 2.86. The summed E-state index contributed by atoms with van der Waals surface area (Å²) in [5.41, 5.74) is 1.15. The van der Waals surface area contributed by atoms with Crippen molar-refractivity contribution in [3.63, 3.8) is 0 Å². The molecule has 9 heteroatoms. The molecule has 2 aliphatic heterocycles. The van der Waals surface area contributed by atoms with Crippen LogP contribution in [0.5, 0.6) is 0 Å². The first-order valence-electron chi connectivity index (χ1n) is 8.99. The molecule has 2 saturated heterocycles. The predicted molar refractivity (Wildman–Crippen MR) is 105 cm³/mol. The van der Waals surface area contributed by atoms with Gasteiger partial charge >= 0.3 is 0 Å². The maximum Gasteiger partial charge on any atom is 0.278 e. The summed E-state index contributed by atoms with van der Waals surface area (Å²) in [6, 6.07) is 6.59. The Morgan fingerprint density at radius 1 is 1.26 bits per heavy atom. The van der Waals surface area contributed by atoms with Gasteiger partial charge in [0, 0.05) is 29.3 Å². The van der Waals surface area contributed by atoms with Crippen molar-refractivity contribution in [1.82, 2.24) is 9.88 Å². The summed E-state index contributed by atoms with van der Waals surface area (Å²) < 4.78 is 26.1. The molecule has 0 aliphatic carbocycles. The maximum atomic E-state index is 12.7. The van der Waals surface area contributed by atoms with E-state index in [4.69, 9.17) is 0 Å². The third kappa shape index (κ3) is 3.29. The molecule has 1 N–H and O–H groups in total. The first-order chi connectivity index (χ1) is 13.0. The van der Waals surface area contributed by atoms with Crippen molar-refractivity contribution in [1.29, 1.82) is 5.26 Å². The van der Waals surface area contributed by atoms with Gasteiger partial charge in [-0.05, 0) is 63.0 Å². The molecule has 4 rings (SSSR count). The van der Waals surface area contributed by atoms with Gasteiger partial charge in [-0.15, -0.1) is 15.6 Å². The second kappa shape index (κ2) is 7.11. The molecule has 0 unspecified atom stereocenters. The zero-order valence-electron chi connectivity index (χ0n) is 14.8. The van der Waals surface area contributed by atoms with Gasteiger partial charge in [-0.2, -0.15) is 13.7 Å². The van der Waals surface area contributed by atoms with E-state index in [1.807, 2.05) is 0 Å². The number of anilines is 2. The molecule has 0 bridgehead atoms. The minimum Gasteiger partial charge on any atom is -0.383 e. The van der Waals surface area contributed by atoms with E-state index in [1.165, 1.54) is 57.1 Å². The zero-order valence-corrected chi connectivity index (χ0v) is 16.5. The van der Waals surface area contributed by atoms with Gasteiger partial charge in [-0.25, -0.2) is 4.98 Å². The number of nitrogens with zero attached hydrogens (tertiary/aromatic N) is 4. The number of nitriles is 1. The lowest BCUT2D eigenvalue weighted by molar-refractivity contribution is 0.209. The second-order valence-electron chi connectivity index (χ2n) is 6.98. The van der Waals surface area contributed by atoms with Crippen LogP contribution in [-0.2, 0) is 10.0 Å². The Morgan fingerprint density at radius 3 is 2.56 bits per heavy atom. The minimum atomic E-state index is -3.95. The lowest BCUT2D eigenvalue weighted by atomic mass is 9.94. The third-order valence-corrected chi connectivity index (χ3v) is 7.98. The monoisotopic (exact) mass is 403 g/mol. The third-order valence-electron chi connectivity index (χ3n) is 5.51. The summed E-state index contributed by atoms with van der Waals surface area (Å²) in [5, 5.41) is 14.5. The molecule has 142 valence electrons. The molecule has 2 fully saturated rings. The Hall–Kier alpha value is -2.15. The van der Waals surface area contributed by atoms with Crippen LogP contribution in [0.2, 0.25) is 0 Å². The normalized spacial score (nSPS) is 18.8. The second-order valence-corrected chi connectivity index (χ2v) is 9.64. The van der Waals surface area contributed by atoms with E-state index in [9.17, 15) is 13.7 Å². The number of nitrogens with one attached hydrogen (secondary N) is 1. The number of fused-ring (bicyclic) bond motifs is 1. The van der Waals surface area contributed by atoms with E-state index in [0.717, 1.165) is 23.6 Å². The lowest BCUT2D eigenvalue weighted by Gasteiger charge is -2.32. The van der Waals surface area contributed by atoms with Crippen LogP contribution >= 0.6 is 11.3 Å². The van der Waals surface area contributed by atoms with Crippen molar-refractivity contribution in [3.05, 3.63) is 35.8 Å². The molecular formula is C18H21N5O2S2. The van der Waals surface area contributed by atoms with Gasteiger partial charge in [0.15, 0.2) is 0 Å². The number of thiazole rings is 1. The molecule has 0 saturated carbocycles. The van der Waals surface area contributed by atoms with Crippen molar-refractivity contribution in [3.8, 4) is 6.19 Å². The highest BCUT2D eigenvalue weighted by Gasteiger charge is 2.43. The minimum absolute atomic E-state index is 0.0753. The number of hydrogen-bond donors (Lipinski definition) is 1. The highest BCUT2D eigenvalue weighted by Crippen LogP contribution is 2.38. The summed E-state index contributed by atoms with van der Waals surface area (Å²) in [4.78, 5) is 6.58. The van der Waals surface area contributed by atoms with Crippen LogP contribution in [0.1, 0.15) is 25.7 Å². The van der Waals surface area contributed by atoms with Crippen LogP contribution in [0.4, 0.5) is 10.8 Å². The van der Waals surface area contributed by atoms with Crippen LogP contribution < -0.4 is 9.62 Å². The Labute approximate surface area is 163 Å². The topological polar surface area (TPSA) is 89.3 Å². The van der Waals surface area contributed by atoms with Crippen LogP contribution in [0, 0.1) is 11.5 Å². The average Bonchev–Trinajstić information content (AvgIpc) is 3.38. The van der Waals surface area contributed by atoms with E-state index in [1.54, 1.807) is 23.7 Å². The highest BCUT2D eigenvalue weighted by molar-refractivity contribution is 7.93. The van der Waals surface area contributed by atoms with Gasteiger partial charge in [-0.1, -0.05) is 0 Å². The SMILES string of the molecule is N#CN(c1nccs1)S(=O)(=O)c1ccc(NCC23CCCN2CCC3)cc1. The quantitative estimate of drug-likeness (QED) is 0.589. The summed E-state index contributed by atoms with van der Waals surface area (Å²) in [7, 11) is -3.95. The number of hydrogen-bond acceptors (Lipinski definition) is 7.